The third kappa shape index (κ3) is 3.14. The summed E-state index contributed by atoms with van der Waals surface area (Å²) < 4.78 is 10.6. The van der Waals surface area contributed by atoms with E-state index in [-0.39, 0.29) is 0 Å². The van der Waals surface area contributed by atoms with Crippen molar-refractivity contribution < 1.29 is 9.26 Å². The highest BCUT2D eigenvalue weighted by Crippen LogP contribution is 2.38. The maximum atomic E-state index is 5.43. The Balaban J connectivity index is 1.43. The van der Waals surface area contributed by atoms with E-state index >= 15 is 0 Å². The van der Waals surface area contributed by atoms with Crippen LogP contribution in [0.25, 0.3) is 0 Å². The summed E-state index contributed by atoms with van der Waals surface area (Å²) in [5.41, 5.74) is 1.29. The highest BCUT2D eigenvalue weighted by Gasteiger charge is 2.32. The molecule has 0 radical (unpaired) electrons. The number of hydrogen-bond acceptors (Lipinski definition) is 5. The maximum Gasteiger partial charge on any atom is 0.240 e. The van der Waals surface area contributed by atoms with Crippen LogP contribution in [0.15, 0.2) is 28.8 Å². The van der Waals surface area contributed by atoms with E-state index in [1.54, 1.807) is 7.11 Å². The predicted octanol–water partition coefficient (Wildman–Crippen LogP) is 3.12. The summed E-state index contributed by atoms with van der Waals surface area (Å²) in [6.45, 7) is 1.66. The smallest absolute Gasteiger partial charge is 0.240 e. The largest absolute Gasteiger partial charge is 0.497 e. The second-order valence-corrected chi connectivity index (χ2v) is 6.30. The van der Waals surface area contributed by atoms with Crippen LogP contribution in [0.2, 0.25) is 0 Å². The molecule has 1 heterocycles. The molecule has 0 bridgehead atoms. The lowest BCUT2D eigenvalue weighted by Crippen LogP contribution is -2.25. The fourth-order valence-corrected chi connectivity index (χ4v) is 2.73. The quantitative estimate of drug-likeness (QED) is 0.786. The minimum Gasteiger partial charge on any atom is -0.497 e. The number of aromatic nitrogens is 2. The van der Waals surface area contributed by atoms with Gasteiger partial charge in [0.05, 0.1) is 13.7 Å². The van der Waals surface area contributed by atoms with E-state index in [0.717, 1.165) is 30.6 Å². The molecule has 2 aliphatic rings. The molecule has 2 saturated carbocycles. The van der Waals surface area contributed by atoms with Gasteiger partial charge in [-0.2, -0.15) is 4.98 Å². The molecule has 0 aliphatic heterocycles. The summed E-state index contributed by atoms with van der Waals surface area (Å²) in [6, 6.07) is 8.92. The lowest BCUT2D eigenvalue weighted by molar-refractivity contribution is 0.209. The molecule has 116 valence electrons. The van der Waals surface area contributed by atoms with E-state index in [2.05, 4.69) is 27.2 Å². The molecule has 2 fully saturated rings. The molecule has 0 spiro atoms. The molecule has 1 aromatic carbocycles. The molecular formula is C17H21N3O2. The van der Waals surface area contributed by atoms with Gasteiger partial charge in [-0.25, -0.2) is 0 Å². The Morgan fingerprint density at radius 3 is 2.55 bits per heavy atom. The third-order valence-electron chi connectivity index (χ3n) is 4.37. The van der Waals surface area contributed by atoms with Gasteiger partial charge in [-0.15, -0.1) is 0 Å². The summed E-state index contributed by atoms with van der Waals surface area (Å²) in [7, 11) is 1.69. The van der Waals surface area contributed by atoms with Crippen LogP contribution in [0.3, 0.4) is 0 Å². The van der Waals surface area contributed by atoms with Gasteiger partial charge in [0.2, 0.25) is 5.89 Å². The zero-order valence-corrected chi connectivity index (χ0v) is 12.9. The van der Waals surface area contributed by atoms with E-state index in [1.165, 1.54) is 31.2 Å². The predicted molar refractivity (Wildman–Crippen MR) is 81.5 cm³/mol. The molecular weight excluding hydrogens is 278 g/mol. The second-order valence-electron chi connectivity index (χ2n) is 6.30. The molecule has 2 aromatic rings. The first-order valence-electron chi connectivity index (χ1n) is 8.01. The molecule has 4 rings (SSSR count). The monoisotopic (exact) mass is 299 g/mol. The van der Waals surface area contributed by atoms with Gasteiger partial charge >= 0.3 is 0 Å². The van der Waals surface area contributed by atoms with E-state index in [0.29, 0.717) is 12.0 Å². The van der Waals surface area contributed by atoms with Crippen LogP contribution in [-0.2, 0) is 13.1 Å². The molecule has 0 unspecified atom stereocenters. The van der Waals surface area contributed by atoms with Crippen LogP contribution >= 0.6 is 0 Å². The van der Waals surface area contributed by atoms with Crippen molar-refractivity contribution in [2.24, 2.45) is 0 Å². The van der Waals surface area contributed by atoms with E-state index in [9.17, 15) is 0 Å². The van der Waals surface area contributed by atoms with Gasteiger partial charge in [-0.1, -0.05) is 17.3 Å². The van der Waals surface area contributed by atoms with Crippen LogP contribution in [0.5, 0.6) is 5.75 Å². The summed E-state index contributed by atoms with van der Waals surface area (Å²) >= 11 is 0. The number of hydrogen-bond donors (Lipinski definition) is 0. The molecule has 0 saturated heterocycles. The van der Waals surface area contributed by atoms with Crippen molar-refractivity contribution in [2.75, 3.05) is 7.11 Å². The number of nitrogens with zero attached hydrogens (tertiary/aromatic N) is 3. The number of benzene rings is 1. The maximum absolute atomic E-state index is 5.43. The first kappa shape index (κ1) is 13.8. The molecule has 0 atom stereocenters. The Hall–Kier alpha value is -1.88. The van der Waals surface area contributed by atoms with Crippen molar-refractivity contribution in [3.05, 3.63) is 41.5 Å². The van der Waals surface area contributed by atoms with Crippen LogP contribution in [0.4, 0.5) is 0 Å². The van der Waals surface area contributed by atoms with Crippen molar-refractivity contribution in [3.8, 4) is 5.75 Å². The fourth-order valence-electron chi connectivity index (χ4n) is 2.73. The molecule has 5 nitrogen and oxygen atoms in total. The van der Waals surface area contributed by atoms with E-state index in [1.807, 2.05) is 12.1 Å². The molecule has 0 amide bonds. The summed E-state index contributed by atoms with van der Waals surface area (Å²) in [5.74, 6) is 3.10. The highest BCUT2D eigenvalue weighted by molar-refractivity contribution is 5.27. The summed E-state index contributed by atoms with van der Waals surface area (Å²) in [6.07, 6.45) is 4.94. The average molecular weight is 299 g/mol. The van der Waals surface area contributed by atoms with Crippen molar-refractivity contribution >= 4 is 0 Å². The Bertz CT molecular complexity index is 630. The first-order chi connectivity index (χ1) is 10.8. The van der Waals surface area contributed by atoms with Crippen molar-refractivity contribution in [1.82, 2.24) is 15.0 Å². The Morgan fingerprint density at radius 2 is 1.91 bits per heavy atom. The zero-order valence-electron chi connectivity index (χ0n) is 12.9. The lowest BCUT2D eigenvalue weighted by Gasteiger charge is -2.20. The Morgan fingerprint density at radius 1 is 1.14 bits per heavy atom. The van der Waals surface area contributed by atoms with Gasteiger partial charge in [0.25, 0.3) is 0 Å². The van der Waals surface area contributed by atoms with Gasteiger partial charge in [-0.3, -0.25) is 4.90 Å². The van der Waals surface area contributed by atoms with Gasteiger partial charge in [-0.05, 0) is 43.4 Å². The third-order valence-corrected chi connectivity index (χ3v) is 4.37. The lowest BCUT2D eigenvalue weighted by atomic mass is 10.2. The van der Waals surface area contributed by atoms with E-state index < -0.39 is 0 Å². The van der Waals surface area contributed by atoms with Crippen LogP contribution in [0, 0.1) is 0 Å². The second kappa shape index (κ2) is 5.72. The van der Waals surface area contributed by atoms with Gasteiger partial charge < -0.3 is 9.26 Å². The topological polar surface area (TPSA) is 51.4 Å². The average Bonchev–Trinajstić information content (AvgIpc) is 3.46. The van der Waals surface area contributed by atoms with Crippen molar-refractivity contribution in [2.45, 2.75) is 50.7 Å². The Labute approximate surface area is 130 Å². The van der Waals surface area contributed by atoms with E-state index in [4.69, 9.17) is 9.26 Å². The molecule has 1 aromatic heterocycles. The standard InChI is InChI=1S/C17H21N3O2/c1-21-15-8-2-12(3-9-15)10-20(14-6-7-14)11-16-18-17(19-22-16)13-4-5-13/h2-3,8-9,13-14H,4-7,10-11H2,1H3. The van der Waals surface area contributed by atoms with Gasteiger partial charge in [0.1, 0.15) is 5.75 Å². The fraction of sp³-hybridized carbons (Fsp3) is 0.529. The Kier molecular flexibility index (Phi) is 3.58. The molecule has 0 N–H and O–H groups in total. The van der Waals surface area contributed by atoms with Gasteiger partial charge in [0.15, 0.2) is 5.82 Å². The van der Waals surface area contributed by atoms with Gasteiger partial charge in [0, 0.05) is 18.5 Å². The highest BCUT2D eigenvalue weighted by atomic mass is 16.5. The molecule has 5 heteroatoms. The van der Waals surface area contributed by atoms with Crippen LogP contribution in [0.1, 0.15) is 48.9 Å². The number of methoxy groups -OCH3 is 1. The zero-order chi connectivity index (χ0) is 14.9. The minimum absolute atomic E-state index is 0.550. The number of rotatable bonds is 7. The normalized spacial score (nSPS) is 17.9. The minimum atomic E-state index is 0.550. The SMILES string of the molecule is COc1ccc(CN(Cc2nc(C3CC3)no2)C2CC2)cc1. The summed E-state index contributed by atoms with van der Waals surface area (Å²) in [5, 5.41) is 4.11. The summed E-state index contributed by atoms with van der Waals surface area (Å²) in [4.78, 5) is 6.99. The molecule has 2 aliphatic carbocycles. The van der Waals surface area contributed by atoms with Crippen molar-refractivity contribution in [3.63, 3.8) is 0 Å². The van der Waals surface area contributed by atoms with Crippen LogP contribution < -0.4 is 4.74 Å². The number of ether oxygens (including phenoxy) is 1. The molecule has 22 heavy (non-hydrogen) atoms. The van der Waals surface area contributed by atoms with Crippen LogP contribution in [-0.4, -0.2) is 28.2 Å². The van der Waals surface area contributed by atoms with Crippen molar-refractivity contribution in [1.29, 1.82) is 0 Å². The first-order valence-corrected chi connectivity index (χ1v) is 8.01.